The minimum absolute atomic E-state index is 0.0100. The van der Waals surface area contributed by atoms with E-state index in [1.54, 1.807) is 0 Å². The summed E-state index contributed by atoms with van der Waals surface area (Å²) < 4.78 is 0. The number of nitrogens with zero attached hydrogens (tertiary/aromatic N) is 2. The Labute approximate surface area is 119 Å². The first-order valence-corrected chi connectivity index (χ1v) is 7.32. The smallest absolute Gasteiger partial charge is 0.223 e. The van der Waals surface area contributed by atoms with Gasteiger partial charge in [0, 0.05) is 44.3 Å². The molecular formula is C15H22N4O. The van der Waals surface area contributed by atoms with Crippen LogP contribution in [0.1, 0.15) is 13.3 Å². The third-order valence-corrected chi connectivity index (χ3v) is 4.03. The Morgan fingerprint density at radius 1 is 1.10 bits per heavy atom. The Kier molecular flexibility index (Phi) is 3.89. The Hall–Kier alpha value is -1.59. The van der Waals surface area contributed by atoms with Crippen LogP contribution < -0.4 is 15.5 Å². The van der Waals surface area contributed by atoms with Gasteiger partial charge in [-0.25, -0.2) is 0 Å². The van der Waals surface area contributed by atoms with E-state index >= 15 is 0 Å². The SMILES string of the molecule is CC1CC(=O)NC(N2CCN(c3ccccc3)CC2)N1. The topological polar surface area (TPSA) is 47.6 Å². The molecule has 1 aromatic rings. The molecule has 0 spiro atoms. The molecule has 1 amide bonds. The molecule has 0 saturated carbocycles. The van der Waals surface area contributed by atoms with Gasteiger partial charge in [-0.15, -0.1) is 0 Å². The minimum Gasteiger partial charge on any atom is -0.369 e. The van der Waals surface area contributed by atoms with Crippen LogP contribution >= 0.6 is 0 Å². The molecule has 5 heteroatoms. The van der Waals surface area contributed by atoms with Crippen molar-refractivity contribution in [1.82, 2.24) is 15.5 Å². The number of para-hydroxylation sites is 1. The minimum atomic E-state index is -0.0100. The second kappa shape index (κ2) is 5.81. The summed E-state index contributed by atoms with van der Waals surface area (Å²) >= 11 is 0. The van der Waals surface area contributed by atoms with Gasteiger partial charge < -0.3 is 10.2 Å². The van der Waals surface area contributed by atoms with Crippen molar-refractivity contribution in [3.8, 4) is 0 Å². The second-order valence-corrected chi connectivity index (χ2v) is 5.60. The maximum absolute atomic E-state index is 11.6. The van der Waals surface area contributed by atoms with Gasteiger partial charge in [-0.05, 0) is 19.1 Å². The lowest BCUT2D eigenvalue weighted by Gasteiger charge is -2.43. The van der Waals surface area contributed by atoms with Gasteiger partial charge in [0.25, 0.3) is 0 Å². The fourth-order valence-electron chi connectivity index (χ4n) is 2.93. The van der Waals surface area contributed by atoms with E-state index in [9.17, 15) is 4.79 Å². The molecule has 5 nitrogen and oxygen atoms in total. The quantitative estimate of drug-likeness (QED) is 0.829. The van der Waals surface area contributed by atoms with Gasteiger partial charge in [0.1, 0.15) is 6.29 Å². The van der Waals surface area contributed by atoms with E-state index in [-0.39, 0.29) is 18.2 Å². The highest BCUT2D eigenvalue weighted by Crippen LogP contribution is 2.16. The van der Waals surface area contributed by atoms with Crippen molar-refractivity contribution >= 4 is 11.6 Å². The number of anilines is 1. The second-order valence-electron chi connectivity index (χ2n) is 5.60. The van der Waals surface area contributed by atoms with Gasteiger partial charge in [0.15, 0.2) is 0 Å². The molecule has 0 aliphatic carbocycles. The molecule has 2 fully saturated rings. The Morgan fingerprint density at radius 3 is 2.45 bits per heavy atom. The highest BCUT2D eigenvalue weighted by molar-refractivity contribution is 5.77. The molecule has 2 saturated heterocycles. The Morgan fingerprint density at radius 2 is 1.80 bits per heavy atom. The zero-order chi connectivity index (χ0) is 13.9. The average Bonchev–Trinajstić information content (AvgIpc) is 2.47. The fraction of sp³-hybridized carbons (Fsp3) is 0.533. The Bertz CT molecular complexity index is 456. The summed E-state index contributed by atoms with van der Waals surface area (Å²) in [5, 5.41) is 6.47. The van der Waals surface area contributed by atoms with E-state index in [2.05, 4.69) is 51.6 Å². The normalized spacial score (nSPS) is 28.2. The van der Waals surface area contributed by atoms with E-state index in [4.69, 9.17) is 0 Å². The lowest BCUT2D eigenvalue weighted by atomic mass is 10.2. The predicted molar refractivity (Wildman–Crippen MR) is 79.4 cm³/mol. The molecule has 2 atom stereocenters. The number of rotatable bonds is 2. The van der Waals surface area contributed by atoms with Crippen molar-refractivity contribution in [3.63, 3.8) is 0 Å². The molecule has 0 radical (unpaired) electrons. The highest BCUT2D eigenvalue weighted by atomic mass is 16.2. The van der Waals surface area contributed by atoms with Crippen molar-refractivity contribution in [2.24, 2.45) is 0 Å². The van der Waals surface area contributed by atoms with E-state index in [1.807, 2.05) is 6.07 Å². The van der Waals surface area contributed by atoms with Gasteiger partial charge in [0.2, 0.25) is 5.91 Å². The van der Waals surface area contributed by atoms with E-state index < -0.39 is 0 Å². The van der Waals surface area contributed by atoms with Crippen molar-refractivity contribution < 1.29 is 4.79 Å². The lowest BCUT2D eigenvalue weighted by molar-refractivity contribution is -0.126. The number of piperazine rings is 1. The van der Waals surface area contributed by atoms with Gasteiger partial charge in [-0.2, -0.15) is 0 Å². The molecule has 3 rings (SSSR count). The molecule has 1 aromatic carbocycles. The number of benzene rings is 1. The summed E-state index contributed by atoms with van der Waals surface area (Å²) in [6.45, 7) is 5.96. The number of nitrogens with one attached hydrogen (secondary N) is 2. The van der Waals surface area contributed by atoms with E-state index in [0.29, 0.717) is 6.42 Å². The number of hydrogen-bond acceptors (Lipinski definition) is 4. The molecular weight excluding hydrogens is 252 g/mol. The number of amides is 1. The molecule has 2 unspecified atom stereocenters. The lowest BCUT2D eigenvalue weighted by Crippen LogP contribution is -2.66. The summed E-state index contributed by atoms with van der Waals surface area (Å²) in [5.74, 6) is 0.145. The van der Waals surface area contributed by atoms with Crippen molar-refractivity contribution in [1.29, 1.82) is 0 Å². The van der Waals surface area contributed by atoms with Gasteiger partial charge in [-0.3, -0.25) is 15.0 Å². The maximum Gasteiger partial charge on any atom is 0.223 e. The summed E-state index contributed by atoms with van der Waals surface area (Å²) in [7, 11) is 0. The van der Waals surface area contributed by atoms with E-state index in [1.165, 1.54) is 5.69 Å². The summed E-state index contributed by atoms with van der Waals surface area (Å²) in [6, 6.07) is 10.7. The Balaban J connectivity index is 1.57. The summed E-state index contributed by atoms with van der Waals surface area (Å²) in [5.41, 5.74) is 1.28. The van der Waals surface area contributed by atoms with Gasteiger partial charge in [-0.1, -0.05) is 18.2 Å². The van der Waals surface area contributed by atoms with Gasteiger partial charge in [0.05, 0.1) is 0 Å². The maximum atomic E-state index is 11.6. The molecule has 2 N–H and O–H groups in total. The third kappa shape index (κ3) is 2.94. The first-order chi connectivity index (χ1) is 9.72. The first kappa shape index (κ1) is 13.4. The van der Waals surface area contributed by atoms with Crippen LogP contribution in [0.2, 0.25) is 0 Å². The van der Waals surface area contributed by atoms with Crippen molar-refractivity contribution in [2.75, 3.05) is 31.1 Å². The zero-order valence-corrected chi connectivity index (χ0v) is 11.9. The fourth-order valence-corrected chi connectivity index (χ4v) is 2.93. The van der Waals surface area contributed by atoms with Crippen molar-refractivity contribution in [2.45, 2.75) is 25.7 Å². The van der Waals surface area contributed by atoms with Crippen LogP contribution in [0.15, 0.2) is 30.3 Å². The summed E-state index contributed by atoms with van der Waals surface area (Å²) in [6.07, 6.45) is 0.560. The zero-order valence-electron chi connectivity index (χ0n) is 11.9. The van der Waals surface area contributed by atoms with Crippen LogP contribution in [0.25, 0.3) is 0 Å². The standard InChI is InChI=1S/C15H22N4O/c1-12-11-14(20)17-15(16-12)19-9-7-18(8-10-19)13-5-3-2-4-6-13/h2-6,12,15-16H,7-11H2,1H3,(H,17,20). The largest absolute Gasteiger partial charge is 0.369 e. The van der Waals surface area contributed by atoms with Crippen LogP contribution in [0.5, 0.6) is 0 Å². The van der Waals surface area contributed by atoms with Crippen molar-refractivity contribution in [3.05, 3.63) is 30.3 Å². The molecule has 108 valence electrons. The van der Waals surface area contributed by atoms with E-state index in [0.717, 1.165) is 26.2 Å². The number of hydrogen-bond donors (Lipinski definition) is 2. The summed E-state index contributed by atoms with van der Waals surface area (Å²) in [4.78, 5) is 16.3. The molecule has 0 bridgehead atoms. The third-order valence-electron chi connectivity index (χ3n) is 4.03. The molecule has 0 aromatic heterocycles. The predicted octanol–water partition coefficient (Wildman–Crippen LogP) is 0.590. The van der Waals surface area contributed by atoms with Crippen LogP contribution in [-0.4, -0.2) is 49.3 Å². The average molecular weight is 274 g/mol. The van der Waals surface area contributed by atoms with Crippen LogP contribution in [-0.2, 0) is 4.79 Å². The monoisotopic (exact) mass is 274 g/mol. The highest BCUT2D eigenvalue weighted by Gasteiger charge is 2.29. The van der Waals surface area contributed by atoms with Crippen LogP contribution in [0.3, 0.4) is 0 Å². The van der Waals surface area contributed by atoms with Gasteiger partial charge >= 0.3 is 0 Å². The number of carbonyl (C=O) groups is 1. The molecule has 2 aliphatic rings. The molecule has 20 heavy (non-hydrogen) atoms. The van der Waals surface area contributed by atoms with Crippen LogP contribution in [0.4, 0.5) is 5.69 Å². The molecule has 2 aliphatic heterocycles. The first-order valence-electron chi connectivity index (χ1n) is 7.32. The molecule has 2 heterocycles. The number of carbonyl (C=O) groups excluding carboxylic acids is 1. The van der Waals surface area contributed by atoms with Crippen LogP contribution in [0, 0.1) is 0 Å².